The Morgan fingerprint density at radius 3 is 1.40 bits per heavy atom. The number of rotatable bonds is 2. The number of ether oxygens (including phenoxy) is 2. The lowest BCUT2D eigenvalue weighted by molar-refractivity contribution is 0.202. The number of carbonyl (C=O) groups excluding carboxylic acids is 2. The lowest BCUT2D eigenvalue weighted by atomic mass is 9.81. The summed E-state index contributed by atoms with van der Waals surface area (Å²) in [4.78, 5) is 32.1. The molecule has 248 valence electrons. The monoisotopic (exact) mass is 648 g/mol. The van der Waals surface area contributed by atoms with Gasteiger partial charge < -0.3 is 29.9 Å². The summed E-state index contributed by atoms with van der Waals surface area (Å²) in [7, 11) is 7.06. The first kappa shape index (κ1) is 34.2. The summed E-state index contributed by atoms with van der Waals surface area (Å²) in [5.74, 6) is 1.21. The summed E-state index contributed by atoms with van der Waals surface area (Å²) in [6, 6.07) is 11.8. The molecular formula is C30H44N6O8S. The Kier molecular flexibility index (Phi) is 9.62. The molecule has 4 heterocycles. The van der Waals surface area contributed by atoms with Crippen LogP contribution in [0.3, 0.4) is 0 Å². The minimum Gasteiger partial charge on any atom is -0.410 e. The van der Waals surface area contributed by atoms with Crippen LogP contribution < -0.4 is 29.9 Å². The van der Waals surface area contributed by atoms with Gasteiger partial charge in [-0.05, 0) is 74.5 Å². The first-order chi connectivity index (χ1) is 20.9. The van der Waals surface area contributed by atoms with Crippen LogP contribution in [0.25, 0.3) is 0 Å². The summed E-state index contributed by atoms with van der Waals surface area (Å²) >= 11 is 0. The van der Waals surface area contributed by atoms with E-state index < -0.39 is 22.6 Å². The quantitative estimate of drug-likeness (QED) is 0.353. The van der Waals surface area contributed by atoms with Crippen molar-refractivity contribution in [3.05, 3.63) is 47.5 Å². The molecule has 0 aliphatic carbocycles. The molecule has 2 aromatic carbocycles. The van der Waals surface area contributed by atoms with Gasteiger partial charge in [-0.25, -0.2) is 9.59 Å². The van der Waals surface area contributed by atoms with E-state index in [2.05, 4.69) is 72.3 Å². The molecule has 15 heteroatoms. The minimum absolute atomic E-state index is 0.0981. The normalized spacial score (nSPS) is 26.4. The van der Waals surface area contributed by atoms with Crippen LogP contribution in [0.2, 0.25) is 0 Å². The molecule has 0 bridgehead atoms. The maximum atomic E-state index is 11.4. The van der Waals surface area contributed by atoms with Gasteiger partial charge in [-0.3, -0.25) is 18.9 Å². The Balaban J connectivity index is 0.000000179. The van der Waals surface area contributed by atoms with Crippen molar-refractivity contribution in [3.8, 4) is 11.5 Å². The first-order valence-electron chi connectivity index (χ1n) is 14.6. The topological polar surface area (TPSA) is 164 Å². The highest BCUT2D eigenvalue weighted by atomic mass is 32.3. The van der Waals surface area contributed by atoms with Crippen molar-refractivity contribution in [1.82, 2.24) is 20.4 Å². The van der Waals surface area contributed by atoms with Crippen LogP contribution >= 0.6 is 0 Å². The highest BCUT2D eigenvalue weighted by Gasteiger charge is 2.53. The predicted molar refractivity (Wildman–Crippen MR) is 171 cm³/mol. The third kappa shape index (κ3) is 6.67. The van der Waals surface area contributed by atoms with Crippen molar-refractivity contribution in [1.29, 1.82) is 0 Å². The van der Waals surface area contributed by atoms with Gasteiger partial charge in [0.2, 0.25) is 0 Å². The number of fused-ring (bicyclic) bond motifs is 6. The fourth-order valence-corrected chi connectivity index (χ4v) is 7.55. The average Bonchev–Trinajstić information content (AvgIpc) is 3.60. The zero-order chi connectivity index (χ0) is 33.5. The van der Waals surface area contributed by atoms with Crippen LogP contribution in [0.1, 0.15) is 37.8 Å². The molecule has 14 nitrogen and oxygen atoms in total. The highest BCUT2D eigenvalue weighted by Crippen LogP contribution is 2.52. The second-order valence-electron chi connectivity index (χ2n) is 12.4. The Hall–Kier alpha value is -3.63. The van der Waals surface area contributed by atoms with Crippen molar-refractivity contribution in [3.63, 3.8) is 0 Å². The maximum Gasteiger partial charge on any atom is 0.412 e. The maximum absolute atomic E-state index is 11.4. The lowest BCUT2D eigenvalue weighted by Crippen LogP contribution is -2.45. The van der Waals surface area contributed by atoms with E-state index in [0.717, 1.165) is 25.9 Å². The minimum atomic E-state index is -4.67. The molecule has 0 aromatic heterocycles. The molecule has 0 radical (unpaired) electrons. The van der Waals surface area contributed by atoms with Gasteiger partial charge in [0.15, 0.2) is 0 Å². The molecule has 4 N–H and O–H groups in total. The number of hydrogen-bond acceptors (Lipinski definition) is 10. The molecule has 6 rings (SSSR count). The molecule has 4 aliphatic heterocycles. The number of amides is 2. The van der Waals surface area contributed by atoms with Gasteiger partial charge in [0, 0.05) is 63.5 Å². The van der Waals surface area contributed by atoms with E-state index in [1.54, 1.807) is 14.1 Å². The number of nitrogens with zero attached hydrogens (tertiary/aromatic N) is 4. The molecule has 45 heavy (non-hydrogen) atoms. The number of benzene rings is 2. The smallest absolute Gasteiger partial charge is 0.410 e. The predicted octanol–water partition coefficient (Wildman–Crippen LogP) is 2.90. The zero-order valence-corrected chi connectivity index (χ0v) is 27.8. The van der Waals surface area contributed by atoms with Crippen LogP contribution in [0, 0.1) is 0 Å². The summed E-state index contributed by atoms with van der Waals surface area (Å²) in [5.41, 5.74) is 5.20. The van der Waals surface area contributed by atoms with E-state index in [0.29, 0.717) is 23.8 Å². The summed E-state index contributed by atoms with van der Waals surface area (Å²) in [6.07, 6.45) is 2.15. The van der Waals surface area contributed by atoms with Crippen molar-refractivity contribution < 1.29 is 36.6 Å². The molecule has 2 amide bonds. The van der Waals surface area contributed by atoms with Crippen molar-refractivity contribution >= 4 is 34.0 Å². The number of nitrogens with one attached hydrogen (secondary N) is 2. The molecule has 2 aromatic rings. The second kappa shape index (κ2) is 12.6. The Labute approximate surface area is 264 Å². The van der Waals surface area contributed by atoms with E-state index >= 15 is 0 Å². The molecule has 2 fully saturated rings. The van der Waals surface area contributed by atoms with E-state index in [1.165, 1.54) is 22.5 Å². The molecule has 4 aliphatic rings. The Morgan fingerprint density at radius 2 is 1.09 bits per heavy atom. The fraction of sp³-hybridized carbons (Fsp3) is 0.533. The standard InChI is InChI=1S/2C15H21N3O2.H2O4S/c2*1-15-7-8-17(3)13(15)18(4)12-6-5-10(9-11(12)15)20-14(19)16-2;1-5(2,3)4/h2*5-6,9,13H,7-8H2,1-4H3,(H,16,19);(H2,1,2,3,4). The van der Waals surface area contributed by atoms with Gasteiger partial charge in [0.1, 0.15) is 11.5 Å². The lowest BCUT2D eigenvalue weighted by Gasteiger charge is -2.32. The first-order valence-corrected chi connectivity index (χ1v) is 16.0. The van der Waals surface area contributed by atoms with E-state index in [1.807, 2.05) is 36.4 Å². The van der Waals surface area contributed by atoms with Crippen molar-refractivity contribution in [2.45, 2.75) is 49.9 Å². The zero-order valence-electron chi connectivity index (χ0n) is 27.0. The van der Waals surface area contributed by atoms with Gasteiger partial charge in [-0.15, -0.1) is 0 Å². The van der Waals surface area contributed by atoms with Gasteiger partial charge in [0.25, 0.3) is 0 Å². The largest absolute Gasteiger partial charge is 0.412 e. The van der Waals surface area contributed by atoms with Crippen LogP contribution in [0.5, 0.6) is 11.5 Å². The second-order valence-corrected chi connectivity index (χ2v) is 13.2. The van der Waals surface area contributed by atoms with Crippen LogP contribution in [-0.2, 0) is 21.2 Å². The molecule has 0 spiro atoms. The van der Waals surface area contributed by atoms with Gasteiger partial charge >= 0.3 is 22.6 Å². The highest BCUT2D eigenvalue weighted by molar-refractivity contribution is 7.79. The summed E-state index contributed by atoms with van der Waals surface area (Å²) in [5, 5.41) is 4.95. The number of likely N-dealkylation sites (N-methyl/N-ethyl adjacent to an activating group) is 4. The SMILES string of the molecule is CNC(=O)Oc1ccc2c(c1)C1(C)CCN(C)C1N2C.CNC(=O)Oc1ccc2c(c1)C1(C)CCN(C)C1N2C.O=S(=O)(O)O. The van der Waals surface area contributed by atoms with Crippen molar-refractivity contribution in [2.24, 2.45) is 0 Å². The molecular weight excluding hydrogens is 604 g/mol. The molecule has 4 atom stereocenters. The van der Waals surface area contributed by atoms with Gasteiger partial charge in [0.05, 0.1) is 12.3 Å². The molecule has 0 saturated carbocycles. The van der Waals surface area contributed by atoms with Crippen LogP contribution in [0.15, 0.2) is 36.4 Å². The average molecular weight is 649 g/mol. The number of anilines is 2. The Bertz CT molecular complexity index is 1450. The van der Waals surface area contributed by atoms with E-state index in [-0.39, 0.29) is 10.8 Å². The molecule has 4 unspecified atom stereocenters. The van der Waals surface area contributed by atoms with Gasteiger partial charge in [-0.2, -0.15) is 8.42 Å². The van der Waals surface area contributed by atoms with Crippen LogP contribution in [0.4, 0.5) is 21.0 Å². The van der Waals surface area contributed by atoms with Crippen LogP contribution in [-0.4, -0.2) is 107 Å². The molecule has 2 saturated heterocycles. The number of likely N-dealkylation sites (tertiary alicyclic amines) is 2. The van der Waals surface area contributed by atoms with Gasteiger partial charge in [-0.1, -0.05) is 13.8 Å². The third-order valence-corrected chi connectivity index (χ3v) is 9.43. The summed E-state index contributed by atoms with van der Waals surface area (Å²) in [6.45, 7) is 6.78. The van der Waals surface area contributed by atoms with E-state index in [4.69, 9.17) is 27.0 Å². The third-order valence-electron chi connectivity index (χ3n) is 9.43. The number of carbonyl (C=O) groups is 2. The van der Waals surface area contributed by atoms with Crippen molar-refractivity contribution in [2.75, 3.05) is 65.2 Å². The summed E-state index contributed by atoms with van der Waals surface area (Å²) < 4.78 is 42.1. The fourth-order valence-electron chi connectivity index (χ4n) is 7.55. The number of hydrogen-bond donors (Lipinski definition) is 4. The Morgan fingerprint density at radius 1 is 0.756 bits per heavy atom. The van der Waals surface area contributed by atoms with E-state index in [9.17, 15) is 9.59 Å².